The summed E-state index contributed by atoms with van der Waals surface area (Å²) in [6.45, 7) is 0. The Labute approximate surface area is 191 Å². The zero-order chi connectivity index (χ0) is 23.1. The van der Waals surface area contributed by atoms with Gasteiger partial charge in [0.1, 0.15) is 16.3 Å². The second kappa shape index (κ2) is 7.14. The van der Waals surface area contributed by atoms with Gasteiger partial charge >= 0.3 is 0 Å². The van der Waals surface area contributed by atoms with Crippen molar-refractivity contribution in [2.45, 2.75) is 61.4 Å². The molecule has 2 unspecified atom stereocenters. The lowest BCUT2D eigenvalue weighted by atomic mass is 9.47. The van der Waals surface area contributed by atoms with Gasteiger partial charge in [-0.15, -0.1) is 0 Å². The first-order valence-electron chi connectivity index (χ1n) is 11.0. The van der Waals surface area contributed by atoms with Crippen LogP contribution in [-0.2, 0) is 19.6 Å². The average Bonchev–Trinajstić information content (AvgIpc) is 3.51. The maximum Gasteiger partial charge on any atom is 0.245 e. The van der Waals surface area contributed by atoms with Gasteiger partial charge in [0.15, 0.2) is 0 Å². The number of amides is 2. The molecule has 1 aromatic carbocycles. The second-order valence-electron chi connectivity index (χ2n) is 10.2. The van der Waals surface area contributed by atoms with Crippen LogP contribution in [0.15, 0.2) is 23.1 Å². The quantitative estimate of drug-likeness (QED) is 0.647. The van der Waals surface area contributed by atoms with E-state index in [0.717, 1.165) is 41.8 Å². The molecule has 5 aliphatic rings. The minimum absolute atomic E-state index is 0.0745. The zero-order valence-corrected chi connectivity index (χ0v) is 19.4. The van der Waals surface area contributed by atoms with Crippen molar-refractivity contribution in [2.24, 2.45) is 28.9 Å². The van der Waals surface area contributed by atoms with Gasteiger partial charge in [-0.1, -0.05) is 11.6 Å². The molecular weight excluding hydrogens is 457 g/mol. The summed E-state index contributed by atoms with van der Waals surface area (Å²) in [4.78, 5) is 25.3. The van der Waals surface area contributed by atoms with Gasteiger partial charge in [0.05, 0.1) is 5.02 Å². The number of primary amides is 1. The van der Waals surface area contributed by atoms with E-state index in [1.165, 1.54) is 7.05 Å². The van der Waals surface area contributed by atoms with E-state index in [2.05, 4.69) is 5.32 Å². The Balaban J connectivity index is 1.36. The third kappa shape index (κ3) is 3.19. The fourth-order valence-corrected chi connectivity index (χ4v) is 8.74. The van der Waals surface area contributed by atoms with Crippen LogP contribution < -0.4 is 11.1 Å². The highest BCUT2D eigenvalue weighted by atomic mass is 35.5. The van der Waals surface area contributed by atoms with Crippen LogP contribution in [0, 0.1) is 29.0 Å². The maximum absolute atomic E-state index is 13.4. The summed E-state index contributed by atoms with van der Waals surface area (Å²) in [5, 5.41) is 2.94. The number of rotatable bonds is 6. The van der Waals surface area contributed by atoms with E-state index in [1.54, 1.807) is 0 Å². The number of likely N-dealkylation sites (N-methyl/N-ethyl adjacent to an activating group) is 1. The number of nitrogens with zero attached hydrogens (tertiary/aromatic N) is 1. The summed E-state index contributed by atoms with van der Waals surface area (Å²) in [5.41, 5.74) is 4.12. The van der Waals surface area contributed by atoms with Gasteiger partial charge in [-0.25, -0.2) is 12.8 Å². The van der Waals surface area contributed by atoms with Crippen molar-refractivity contribution in [2.75, 3.05) is 7.05 Å². The van der Waals surface area contributed by atoms with E-state index in [0.29, 0.717) is 31.6 Å². The van der Waals surface area contributed by atoms with Crippen molar-refractivity contribution in [3.05, 3.63) is 29.0 Å². The van der Waals surface area contributed by atoms with Crippen LogP contribution in [0.4, 0.5) is 4.39 Å². The Kier molecular flexibility index (Phi) is 4.93. The van der Waals surface area contributed by atoms with Gasteiger partial charge in [0, 0.05) is 18.5 Å². The molecule has 3 N–H and O–H groups in total. The van der Waals surface area contributed by atoms with Crippen LogP contribution in [0.2, 0.25) is 5.02 Å². The van der Waals surface area contributed by atoms with Crippen LogP contribution in [0.1, 0.15) is 44.9 Å². The topological polar surface area (TPSA) is 110 Å². The minimum atomic E-state index is -4.10. The summed E-state index contributed by atoms with van der Waals surface area (Å²) in [5.74, 6) is -0.350. The fraction of sp³-hybridized carbons (Fsp3) is 0.636. The highest BCUT2D eigenvalue weighted by Gasteiger charge is 2.61. The maximum atomic E-state index is 13.4. The Morgan fingerprint density at radius 1 is 1.19 bits per heavy atom. The van der Waals surface area contributed by atoms with Crippen molar-refractivity contribution >= 4 is 33.4 Å². The van der Waals surface area contributed by atoms with Gasteiger partial charge in [-0.05, 0) is 80.9 Å². The molecule has 2 amide bonds. The predicted molar refractivity (Wildman–Crippen MR) is 115 cm³/mol. The van der Waals surface area contributed by atoms with Crippen LogP contribution >= 0.6 is 11.6 Å². The molecule has 4 bridgehead atoms. The number of benzene rings is 1. The average molecular weight is 484 g/mol. The van der Waals surface area contributed by atoms with Crippen LogP contribution in [0.25, 0.3) is 0 Å². The molecule has 0 aromatic heterocycles. The first kappa shape index (κ1) is 22.1. The number of sulfonamides is 1. The molecule has 5 saturated carbocycles. The number of hydrogen-bond donors (Lipinski definition) is 2. The molecule has 5 aliphatic carbocycles. The van der Waals surface area contributed by atoms with Crippen molar-refractivity contribution in [3.63, 3.8) is 0 Å². The number of nitrogens with two attached hydrogens (primary N) is 1. The summed E-state index contributed by atoms with van der Waals surface area (Å²) in [7, 11) is -2.72. The third-order valence-electron chi connectivity index (χ3n) is 8.38. The number of carbonyl (C=O) groups excluding carboxylic acids is 2. The minimum Gasteiger partial charge on any atom is -0.369 e. The standard InChI is InChI=1S/C22H27ClFN3O4S/c1-27(32(30,31)17-3-2-15(24)8-16(17)23)22(4-5-22)20(29)26-18-13-6-12-7-14(18)11-21(9-12,10-13)19(25)28/h2-3,8,12-14,18H,4-7,9-11H2,1H3,(H2,25,28)(H,26,29). The van der Waals surface area contributed by atoms with Gasteiger partial charge in [0.2, 0.25) is 21.8 Å². The van der Waals surface area contributed by atoms with E-state index in [9.17, 15) is 22.4 Å². The van der Waals surface area contributed by atoms with Crippen molar-refractivity contribution < 1.29 is 22.4 Å². The van der Waals surface area contributed by atoms with E-state index in [-0.39, 0.29) is 39.6 Å². The summed E-state index contributed by atoms with van der Waals surface area (Å²) in [6.07, 6.45) is 4.96. The molecular formula is C22H27ClFN3O4S. The second-order valence-corrected chi connectivity index (χ2v) is 12.5. The highest BCUT2D eigenvalue weighted by Crippen LogP contribution is 2.60. The predicted octanol–water partition coefficient (Wildman–Crippen LogP) is 2.43. The zero-order valence-electron chi connectivity index (χ0n) is 17.8. The van der Waals surface area contributed by atoms with E-state index >= 15 is 0 Å². The monoisotopic (exact) mass is 483 g/mol. The van der Waals surface area contributed by atoms with Gasteiger partial charge < -0.3 is 11.1 Å². The fourth-order valence-electron chi connectivity index (χ4n) is 6.71. The summed E-state index contributed by atoms with van der Waals surface area (Å²) >= 11 is 6.00. The highest BCUT2D eigenvalue weighted by molar-refractivity contribution is 7.89. The molecule has 0 radical (unpaired) electrons. The van der Waals surface area contributed by atoms with Crippen molar-refractivity contribution in [1.82, 2.24) is 9.62 Å². The molecule has 0 aliphatic heterocycles. The summed E-state index contributed by atoms with van der Waals surface area (Å²) in [6, 6.07) is 3.04. The molecule has 6 rings (SSSR count). The normalized spacial score (nSPS) is 34.5. The lowest BCUT2D eigenvalue weighted by Gasteiger charge is -2.59. The Morgan fingerprint density at radius 2 is 1.81 bits per heavy atom. The first-order valence-corrected chi connectivity index (χ1v) is 12.9. The molecule has 10 heteroatoms. The molecule has 0 saturated heterocycles. The van der Waals surface area contributed by atoms with Crippen LogP contribution in [-0.4, -0.2) is 43.2 Å². The van der Waals surface area contributed by atoms with E-state index in [1.807, 2.05) is 0 Å². The molecule has 2 atom stereocenters. The number of hydrogen-bond acceptors (Lipinski definition) is 4. The first-order chi connectivity index (χ1) is 15.0. The largest absolute Gasteiger partial charge is 0.369 e. The summed E-state index contributed by atoms with van der Waals surface area (Å²) < 4.78 is 40.9. The number of nitrogens with one attached hydrogen (secondary N) is 1. The van der Waals surface area contributed by atoms with Crippen LogP contribution in [0.3, 0.4) is 0 Å². The van der Waals surface area contributed by atoms with Crippen molar-refractivity contribution in [1.29, 1.82) is 0 Å². The molecule has 5 fully saturated rings. The Hall–Kier alpha value is -1.71. The third-order valence-corrected chi connectivity index (χ3v) is 10.8. The molecule has 7 nitrogen and oxygen atoms in total. The van der Waals surface area contributed by atoms with Crippen molar-refractivity contribution in [3.8, 4) is 0 Å². The Morgan fingerprint density at radius 3 is 2.34 bits per heavy atom. The Bertz CT molecular complexity index is 1090. The number of halogens is 2. The molecule has 32 heavy (non-hydrogen) atoms. The molecule has 0 heterocycles. The SMILES string of the molecule is CN(C1(C(=O)NC2C3CC4CC2CC(C(N)=O)(C4)C3)CC1)S(=O)(=O)c1ccc(F)cc1Cl. The molecule has 0 spiro atoms. The van der Waals surface area contributed by atoms with Gasteiger partial charge in [-0.3, -0.25) is 9.59 Å². The smallest absolute Gasteiger partial charge is 0.245 e. The number of carbonyl (C=O) groups is 2. The van der Waals surface area contributed by atoms with Crippen LogP contribution in [0.5, 0.6) is 0 Å². The molecule has 1 aromatic rings. The molecule has 174 valence electrons. The van der Waals surface area contributed by atoms with E-state index in [4.69, 9.17) is 17.3 Å². The lowest BCUT2D eigenvalue weighted by Crippen LogP contribution is -2.64. The van der Waals surface area contributed by atoms with E-state index < -0.39 is 26.8 Å². The lowest BCUT2D eigenvalue weighted by molar-refractivity contribution is -0.148. The van der Waals surface area contributed by atoms with Gasteiger partial charge in [0.25, 0.3) is 0 Å². The van der Waals surface area contributed by atoms with Gasteiger partial charge in [-0.2, -0.15) is 4.31 Å².